The van der Waals surface area contributed by atoms with Crippen LogP contribution in [0.25, 0.3) is 0 Å². The Hall–Kier alpha value is -1.88. The van der Waals surface area contributed by atoms with Crippen LogP contribution in [0, 0.1) is 5.92 Å². The Morgan fingerprint density at radius 2 is 2.14 bits per heavy atom. The highest BCUT2D eigenvalue weighted by Gasteiger charge is 2.26. The van der Waals surface area contributed by atoms with Gasteiger partial charge < -0.3 is 15.4 Å². The van der Waals surface area contributed by atoms with Crippen molar-refractivity contribution in [2.24, 2.45) is 5.92 Å². The molecule has 1 saturated heterocycles. The zero-order valence-corrected chi connectivity index (χ0v) is 12.3. The van der Waals surface area contributed by atoms with E-state index in [9.17, 15) is 9.59 Å². The fourth-order valence-electron chi connectivity index (χ4n) is 2.49. The van der Waals surface area contributed by atoms with Gasteiger partial charge in [0.05, 0.1) is 18.4 Å². The smallest absolute Gasteiger partial charge is 0.315 e. The van der Waals surface area contributed by atoms with Gasteiger partial charge in [-0.2, -0.15) is 0 Å². The van der Waals surface area contributed by atoms with Crippen LogP contribution in [0.1, 0.15) is 24.8 Å². The molecule has 0 spiro atoms. The predicted molar refractivity (Wildman–Crippen MR) is 79.8 cm³/mol. The molecule has 1 aliphatic rings. The molecule has 0 bridgehead atoms. The van der Waals surface area contributed by atoms with Crippen molar-refractivity contribution in [2.75, 3.05) is 26.2 Å². The van der Waals surface area contributed by atoms with Crippen LogP contribution in [0.15, 0.2) is 30.3 Å². The Balaban J connectivity index is 1.99. The third-order valence-corrected chi connectivity index (χ3v) is 3.68. The van der Waals surface area contributed by atoms with Crippen molar-refractivity contribution < 1.29 is 14.3 Å². The van der Waals surface area contributed by atoms with E-state index in [2.05, 4.69) is 10.6 Å². The second-order valence-electron chi connectivity index (χ2n) is 5.15. The van der Waals surface area contributed by atoms with E-state index >= 15 is 0 Å². The summed E-state index contributed by atoms with van der Waals surface area (Å²) in [7, 11) is 0. The van der Waals surface area contributed by atoms with Gasteiger partial charge in [-0.05, 0) is 25.5 Å². The minimum Gasteiger partial charge on any atom is -0.465 e. The highest BCUT2D eigenvalue weighted by atomic mass is 16.5. The van der Waals surface area contributed by atoms with Crippen molar-refractivity contribution in [2.45, 2.75) is 19.3 Å². The summed E-state index contributed by atoms with van der Waals surface area (Å²) in [4.78, 5) is 24.1. The number of esters is 1. The summed E-state index contributed by atoms with van der Waals surface area (Å²) in [5.74, 6) is -0.744. The van der Waals surface area contributed by atoms with E-state index in [-0.39, 0.29) is 24.3 Å². The first-order valence-electron chi connectivity index (χ1n) is 7.42. The summed E-state index contributed by atoms with van der Waals surface area (Å²) in [6.45, 7) is 3.98. The number of carbonyl (C=O) groups is 2. The lowest BCUT2D eigenvalue weighted by Gasteiger charge is -2.18. The standard InChI is InChI=1S/C16H22N2O3/c1-2-21-16(20)14(12-6-4-3-5-7-12)11-18-15(19)13-8-9-17-10-13/h3-7,13-14,17H,2,8-11H2,1H3,(H,18,19). The fraction of sp³-hybridized carbons (Fsp3) is 0.500. The molecule has 1 fully saturated rings. The number of carbonyl (C=O) groups excluding carboxylic acids is 2. The summed E-state index contributed by atoms with van der Waals surface area (Å²) in [5.41, 5.74) is 0.862. The second-order valence-corrected chi connectivity index (χ2v) is 5.15. The number of hydrogen-bond donors (Lipinski definition) is 2. The van der Waals surface area contributed by atoms with Crippen LogP contribution in [0.3, 0.4) is 0 Å². The lowest BCUT2D eigenvalue weighted by molar-refractivity contribution is -0.144. The van der Waals surface area contributed by atoms with Gasteiger partial charge in [0, 0.05) is 13.1 Å². The summed E-state index contributed by atoms with van der Waals surface area (Å²) >= 11 is 0. The Morgan fingerprint density at radius 1 is 1.38 bits per heavy atom. The molecule has 2 unspecified atom stereocenters. The summed E-state index contributed by atoms with van der Waals surface area (Å²) < 4.78 is 5.11. The molecule has 1 aromatic carbocycles. The van der Waals surface area contributed by atoms with E-state index in [0.29, 0.717) is 13.2 Å². The van der Waals surface area contributed by atoms with E-state index in [0.717, 1.165) is 18.5 Å². The van der Waals surface area contributed by atoms with Crippen LogP contribution in [-0.4, -0.2) is 38.1 Å². The molecule has 0 aliphatic carbocycles. The minimum atomic E-state index is -0.454. The first-order valence-corrected chi connectivity index (χ1v) is 7.42. The molecule has 5 heteroatoms. The van der Waals surface area contributed by atoms with Crippen LogP contribution in [0.5, 0.6) is 0 Å². The van der Waals surface area contributed by atoms with Gasteiger partial charge in [-0.3, -0.25) is 9.59 Å². The van der Waals surface area contributed by atoms with E-state index < -0.39 is 5.92 Å². The van der Waals surface area contributed by atoms with Gasteiger partial charge in [0.2, 0.25) is 5.91 Å². The highest BCUT2D eigenvalue weighted by molar-refractivity contribution is 5.82. The van der Waals surface area contributed by atoms with Crippen LogP contribution in [0.2, 0.25) is 0 Å². The average Bonchev–Trinajstić information content (AvgIpc) is 3.03. The highest BCUT2D eigenvalue weighted by Crippen LogP contribution is 2.17. The van der Waals surface area contributed by atoms with Crippen molar-refractivity contribution in [3.05, 3.63) is 35.9 Å². The number of rotatable bonds is 6. The van der Waals surface area contributed by atoms with Crippen LogP contribution >= 0.6 is 0 Å². The van der Waals surface area contributed by atoms with E-state index in [1.54, 1.807) is 6.92 Å². The molecule has 0 saturated carbocycles. The Kier molecular flexibility index (Phi) is 5.75. The molecule has 1 amide bonds. The van der Waals surface area contributed by atoms with Gasteiger partial charge in [-0.25, -0.2) is 0 Å². The van der Waals surface area contributed by atoms with Gasteiger partial charge in [0.1, 0.15) is 0 Å². The van der Waals surface area contributed by atoms with E-state index in [1.807, 2.05) is 30.3 Å². The summed E-state index contributed by atoms with van der Waals surface area (Å²) in [5, 5.41) is 6.05. The molecule has 21 heavy (non-hydrogen) atoms. The summed E-state index contributed by atoms with van der Waals surface area (Å²) in [6, 6.07) is 9.42. The van der Waals surface area contributed by atoms with Crippen molar-refractivity contribution in [1.82, 2.24) is 10.6 Å². The zero-order valence-electron chi connectivity index (χ0n) is 12.3. The second kappa shape index (κ2) is 7.78. The Morgan fingerprint density at radius 3 is 2.76 bits per heavy atom. The number of ether oxygens (including phenoxy) is 1. The van der Waals surface area contributed by atoms with E-state index in [1.165, 1.54) is 0 Å². The van der Waals surface area contributed by atoms with E-state index in [4.69, 9.17) is 4.74 Å². The van der Waals surface area contributed by atoms with Gasteiger partial charge in [-0.15, -0.1) is 0 Å². The molecular formula is C16H22N2O3. The molecule has 2 rings (SSSR count). The van der Waals surface area contributed by atoms with Crippen molar-refractivity contribution in [3.63, 3.8) is 0 Å². The zero-order chi connectivity index (χ0) is 15.1. The fourth-order valence-corrected chi connectivity index (χ4v) is 2.49. The number of benzene rings is 1. The van der Waals surface area contributed by atoms with Crippen molar-refractivity contribution in [3.8, 4) is 0 Å². The third-order valence-electron chi connectivity index (χ3n) is 3.68. The Bertz CT molecular complexity index is 470. The average molecular weight is 290 g/mol. The Labute approximate surface area is 125 Å². The number of nitrogens with one attached hydrogen (secondary N) is 2. The molecule has 0 radical (unpaired) electrons. The van der Waals surface area contributed by atoms with Crippen molar-refractivity contribution >= 4 is 11.9 Å². The van der Waals surface area contributed by atoms with Crippen LogP contribution in [-0.2, 0) is 14.3 Å². The molecule has 0 aromatic heterocycles. The molecule has 1 aliphatic heterocycles. The molecule has 114 valence electrons. The van der Waals surface area contributed by atoms with Gasteiger partial charge in [0.25, 0.3) is 0 Å². The maximum absolute atomic E-state index is 12.1. The largest absolute Gasteiger partial charge is 0.465 e. The molecule has 2 N–H and O–H groups in total. The third kappa shape index (κ3) is 4.29. The SMILES string of the molecule is CCOC(=O)C(CNC(=O)C1CCNC1)c1ccccc1. The normalized spacial score (nSPS) is 19.0. The lowest BCUT2D eigenvalue weighted by atomic mass is 9.98. The number of amides is 1. The number of hydrogen-bond acceptors (Lipinski definition) is 4. The monoisotopic (exact) mass is 290 g/mol. The first-order chi connectivity index (χ1) is 10.2. The molecule has 5 nitrogen and oxygen atoms in total. The lowest BCUT2D eigenvalue weighted by Crippen LogP contribution is -2.37. The maximum Gasteiger partial charge on any atom is 0.315 e. The topological polar surface area (TPSA) is 67.4 Å². The quantitative estimate of drug-likeness (QED) is 0.769. The van der Waals surface area contributed by atoms with Crippen LogP contribution in [0.4, 0.5) is 0 Å². The molecule has 1 aromatic rings. The van der Waals surface area contributed by atoms with Gasteiger partial charge in [0.15, 0.2) is 0 Å². The van der Waals surface area contributed by atoms with Gasteiger partial charge in [-0.1, -0.05) is 30.3 Å². The summed E-state index contributed by atoms with van der Waals surface area (Å²) in [6.07, 6.45) is 0.848. The molecule has 2 atom stereocenters. The van der Waals surface area contributed by atoms with Crippen LogP contribution < -0.4 is 10.6 Å². The van der Waals surface area contributed by atoms with Gasteiger partial charge >= 0.3 is 5.97 Å². The predicted octanol–water partition coefficient (Wildman–Crippen LogP) is 1.06. The molecule has 1 heterocycles. The first kappa shape index (κ1) is 15.5. The van der Waals surface area contributed by atoms with Crippen molar-refractivity contribution in [1.29, 1.82) is 0 Å². The minimum absolute atomic E-state index is 0.00335. The molecular weight excluding hydrogens is 268 g/mol. The maximum atomic E-state index is 12.1.